The quantitative estimate of drug-likeness (QED) is 0.559. The Kier molecular flexibility index (Phi) is 6.01. The molecule has 0 radical (unpaired) electrons. The molecule has 2 heterocycles. The third-order valence-electron chi connectivity index (χ3n) is 5.37. The average molecular weight is 425 g/mol. The van der Waals surface area contributed by atoms with Crippen LogP contribution in [0.4, 0.5) is 0 Å². The van der Waals surface area contributed by atoms with Crippen molar-refractivity contribution in [3.05, 3.63) is 64.7 Å². The van der Waals surface area contributed by atoms with Crippen molar-refractivity contribution < 1.29 is 19.0 Å². The molecule has 0 saturated carbocycles. The number of nitrogens with zero attached hydrogens (tertiary/aromatic N) is 2. The van der Waals surface area contributed by atoms with E-state index in [9.17, 15) is 4.79 Å². The first kappa shape index (κ1) is 20.4. The molecular weight excluding hydrogens is 400 g/mol. The van der Waals surface area contributed by atoms with Gasteiger partial charge >= 0.3 is 5.97 Å². The van der Waals surface area contributed by atoms with Gasteiger partial charge in [0.15, 0.2) is 11.5 Å². The van der Waals surface area contributed by atoms with Crippen molar-refractivity contribution in [2.45, 2.75) is 25.6 Å². The van der Waals surface area contributed by atoms with Crippen LogP contribution in [0, 0.1) is 0 Å². The lowest BCUT2D eigenvalue weighted by Crippen LogP contribution is -2.45. The molecule has 1 atom stereocenters. The SMILES string of the molecule is COC(=O)C1Cc2ccccc2CN1Cc1csc(-c2ccc(OC)c(OC)c2)n1. The van der Waals surface area contributed by atoms with Crippen LogP contribution in [0.1, 0.15) is 16.8 Å². The number of methoxy groups -OCH3 is 3. The summed E-state index contributed by atoms with van der Waals surface area (Å²) in [6.07, 6.45) is 0.648. The summed E-state index contributed by atoms with van der Waals surface area (Å²) in [6.45, 7) is 1.27. The van der Waals surface area contributed by atoms with Gasteiger partial charge < -0.3 is 14.2 Å². The zero-order valence-electron chi connectivity index (χ0n) is 17.3. The molecule has 0 spiro atoms. The number of hydrogen-bond acceptors (Lipinski definition) is 7. The number of benzene rings is 2. The number of rotatable bonds is 6. The lowest BCUT2D eigenvalue weighted by molar-refractivity contribution is -0.148. The van der Waals surface area contributed by atoms with Crippen LogP contribution in [-0.2, 0) is 29.0 Å². The van der Waals surface area contributed by atoms with Gasteiger partial charge in [0.1, 0.15) is 11.0 Å². The number of hydrogen-bond donors (Lipinski definition) is 0. The molecule has 6 nitrogen and oxygen atoms in total. The normalized spacial score (nSPS) is 16.0. The van der Waals surface area contributed by atoms with E-state index >= 15 is 0 Å². The highest BCUT2D eigenvalue weighted by Gasteiger charge is 2.32. The standard InChI is InChI=1S/C23H24N2O4S/c1-27-20-9-8-16(11-21(20)28-2)22-24-18(14-30-22)13-25-12-17-7-5-4-6-15(17)10-19(25)23(26)29-3/h4-9,11,14,19H,10,12-13H2,1-3H3. The van der Waals surface area contributed by atoms with Crippen LogP contribution in [-0.4, -0.2) is 43.2 Å². The number of esters is 1. The highest BCUT2D eigenvalue weighted by atomic mass is 32.1. The number of carbonyl (C=O) groups excluding carboxylic acids is 1. The summed E-state index contributed by atoms with van der Waals surface area (Å²) in [5.74, 6) is 1.15. The number of fused-ring (bicyclic) bond motifs is 1. The Balaban J connectivity index is 1.57. The number of thiazole rings is 1. The van der Waals surface area contributed by atoms with Crippen LogP contribution in [0.15, 0.2) is 47.8 Å². The summed E-state index contributed by atoms with van der Waals surface area (Å²) >= 11 is 1.57. The van der Waals surface area contributed by atoms with E-state index in [2.05, 4.69) is 17.0 Å². The van der Waals surface area contributed by atoms with Gasteiger partial charge in [-0.15, -0.1) is 11.3 Å². The Labute approximate surface area is 180 Å². The topological polar surface area (TPSA) is 60.9 Å². The van der Waals surface area contributed by atoms with Crippen LogP contribution in [0.25, 0.3) is 10.6 Å². The molecule has 0 bridgehead atoms. The molecule has 1 aliphatic heterocycles. The largest absolute Gasteiger partial charge is 0.493 e. The molecule has 30 heavy (non-hydrogen) atoms. The molecule has 2 aromatic carbocycles. The molecule has 1 unspecified atom stereocenters. The van der Waals surface area contributed by atoms with Gasteiger partial charge in [-0.25, -0.2) is 4.98 Å². The van der Waals surface area contributed by atoms with Crippen LogP contribution < -0.4 is 9.47 Å². The van der Waals surface area contributed by atoms with Crippen LogP contribution in [0.2, 0.25) is 0 Å². The molecule has 4 rings (SSSR count). The molecular formula is C23H24N2O4S. The van der Waals surface area contributed by atoms with E-state index in [1.807, 2.05) is 35.7 Å². The monoisotopic (exact) mass is 424 g/mol. The first-order valence-electron chi connectivity index (χ1n) is 9.68. The van der Waals surface area contributed by atoms with Crippen molar-refractivity contribution in [1.29, 1.82) is 0 Å². The summed E-state index contributed by atoms with van der Waals surface area (Å²) < 4.78 is 15.8. The predicted molar refractivity (Wildman–Crippen MR) is 116 cm³/mol. The lowest BCUT2D eigenvalue weighted by atomic mass is 9.94. The molecule has 0 amide bonds. The Bertz CT molecular complexity index is 1050. The molecule has 156 valence electrons. The number of ether oxygens (including phenoxy) is 3. The Hall–Kier alpha value is -2.90. The second kappa shape index (κ2) is 8.85. The minimum atomic E-state index is -0.309. The smallest absolute Gasteiger partial charge is 0.323 e. The molecule has 3 aromatic rings. The summed E-state index contributed by atoms with van der Waals surface area (Å²) in [4.78, 5) is 19.4. The van der Waals surface area contributed by atoms with Gasteiger partial charge in [-0.2, -0.15) is 0 Å². The van der Waals surface area contributed by atoms with Crippen molar-refractivity contribution in [2.75, 3.05) is 21.3 Å². The van der Waals surface area contributed by atoms with Gasteiger partial charge in [-0.1, -0.05) is 24.3 Å². The molecule has 1 aliphatic rings. The molecule has 0 fully saturated rings. The van der Waals surface area contributed by atoms with E-state index in [-0.39, 0.29) is 12.0 Å². The van der Waals surface area contributed by atoms with Gasteiger partial charge in [-0.3, -0.25) is 9.69 Å². The van der Waals surface area contributed by atoms with Crippen LogP contribution in [0.5, 0.6) is 11.5 Å². The highest BCUT2D eigenvalue weighted by molar-refractivity contribution is 7.13. The number of carbonyl (C=O) groups is 1. The van der Waals surface area contributed by atoms with E-state index in [1.165, 1.54) is 18.2 Å². The van der Waals surface area contributed by atoms with Crippen molar-refractivity contribution in [3.63, 3.8) is 0 Å². The predicted octanol–water partition coefficient (Wildman–Crippen LogP) is 3.93. The summed E-state index contributed by atoms with van der Waals surface area (Å²) in [7, 11) is 4.68. The molecule has 0 aliphatic carbocycles. The fraction of sp³-hybridized carbons (Fsp3) is 0.304. The average Bonchev–Trinajstić information content (AvgIpc) is 3.26. The Morgan fingerprint density at radius 2 is 1.87 bits per heavy atom. The maximum Gasteiger partial charge on any atom is 0.323 e. The first-order chi connectivity index (χ1) is 14.6. The van der Waals surface area contributed by atoms with E-state index in [0.29, 0.717) is 31.0 Å². The van der Waals surface area contributed by atoms with Gasteiger partial charge in [0, 0.05) is 24.0 Å². The maximum absolute atomic E-state index is 12.4. The molecule has 1 aromatic heterocycles. The number of aromatic nitrogens is 1. The minimum Gasteiger partial charge on any atom is -0.493 e. The third-order valence-corrected chi connectivity index (χ3v) is 6.31. The van der Waals surface area contributed by atoms with Gasteiger partial charge in [-0.05, 0) is 35.7 Å². The van der Waals surface area contributed by atoms with E-state index in [0.717, 1.165) is 16.3 Å². The zero-order valence-corrected chi connectivity index (χ0v) is 18.1. The van der Waals surface area contributed by atoms with Gasteiger partial charge in [0.25, 0.3) is 0 Å². The van der Waals surface area contributed by atoms with E-state index < -0.39 is 0 Å². The summed E-state index contributed by atoms with van der Waals surface area (Å²) in [6, 6.07) is 13.7. The fourth-order valence-corrected chi connectivity index (χ4v) is 4.61. The first-order valence-corrected chi connectivity index (χ1v) is 10.6. The van der Waals surface area contributed by atoms with E-state index in [4.69, 9.17) is 19.2 Å². The maximum atomic E-state index is 12.4. The van der Waals surface area contributed by atoms with Crippen molar-refractivity contribution in [3.8, 4) is 22.1 Å². The van der Waals surface area contributed by atoms with Crippen molar-refractivity contribution >= 4 is 17.3 Å². The Morgan fingerprint density at radius 1 is 1.10 bits per heavy atom. The summed E-state index contributed by atoms with van der Waals surface area (Å²) in [5, 5.41) is 2.94. The molecule has 0 N–H and O–H groups in total. The molecule has 0 saturated heterocycles. The highest BCUT2D eigenvalue weighted by Crippen LogP contribution is 2.34. The van der Waals surface area contributed by atoms with Crippen LogP contribution in [0.3, 0.4) is 0 Å². The fourth-order valence-electron chi connectivity index (χ4n) is 3.80. The second-order valence-electron chi connectivity index (χ2n) is 7.13. The van der Waals surface area contributed by atoms with Gasteiger partial charge in [0.2, 0.25) is 0 Å². The minimum absolute atomic E-state index is 0.208. The van der Waals surface area contributed by atoms with E-state index in [1.54, 1.807) is 25.6 Å². The summed E-state index contributed by atoms with van der Waals surface area (Å²) in [5.41, 5.74) is 4.34. The van der Waals surface area contributed by atoms with Crippen molar-refractivity contribution in [2.24, 2.45) is 0 Å². The third kappa shape index (κ3) is 4.04. The zero-order chi connectivity index (χ0) is 21.1. The Morgan fingerprint density at radius 3 is 2.60 bits per heavy atom. The lowest BCUT2D eigenvalue weighted by Gasteiger charge is -2.34. The van der Waals surface area contributed by atoms with Crippen molar-refractivity contribution in [1.82, 2.24) is 9.88 Å². The second-order valence-corrected chi connectivity index (χ2v) is 7.99. The van der Waals surface area contributed by atoms with Crippen LogP contribution >= 0.6 is 11.3 Å². The molecule has 7 heteroatoms. The van der Waals surface area contributed by atoms with Gasteiger partial charge in [0.05, 0.1) is 27.0 Å².